The van der Waals surface area contributed by atoms with Crippen LogP contribution in [-0.4, -0.2) is 15.5 Å². The summed E-state index contributed by atoms with van der Waals surface area (Å²) in [5.41, 5.74) is 6.99. The summed E-state index contributed by atoms with van der Waals surface area (Å²) < 4.78 is 1.45. The van der Waals surface area contributed by atoms with E-state index in [4.69, 9.17) is 12.2 Å². The Bertz CT molecular complexity index is 901. The number of carbonyl (C=O) groups excluding carboxylic acids is 1. The summed E-state index contributed by atoms with van der Waals surface area (Å²) in [6.45, 7) is 2.01. The minimum atomic E-state index is -0.442. The Balaban J connectivity index is 2.11. The Morgan fingerprint density at radius 1 is 1.28 bits per heavy atom. The monoisotopic (exact) mass is 339 g/mol. The quantitative estimate of drug-likeness (QED) is 0.735. The van der Waals surface area contributed by atoms with Crippen LogP contribution in [0, 0.1) is 25.2 Å². The maximum absolute atomic E-state index is 11.8. The van der Waals surface area contributed by atoms with Gasteiger partial charge >= 0.3 is 5.69 Å². The maximum atomic E-state index is 11.8. The van der Waals surface area contributed by atoms with Crippen LogP contribution >= 0.6 is 0 Å². The molecule has 1 unspecified atom stereocenters. The van der Waals surface area contributed by atoms with E-state index in [1.165, 1.54) is 10.8 Å². The molecule has 0 bridgehead atoms. The fourth-order valence-corrected chi connectivity index (χ4v) is 2.60. The molecule has 0 aliphatic heterocycles. The van der Waals surface area contributed by atoms with E-state index in [1.807, 2.05) is 24.3 Å². The van der Waals surface area contributed by atoms with Gasteiger partial charge in [-0.05, 0) is 30.9 Å². The molecule has 2 aromatic rings. The third-order valence-corrected chi connectivity index (χ3v) is 4.09. The number of primary amides is 1. The minimum Gasteiger partial charge on any atom is -0.369 e. The predicted octanol–water partition coefficient (Wildman–Crippen LogP) is 0.951. The number of hydrogen-bond acceptors (Lipinski definition) is 3. The Hall–Kier alpha value is -3.07. The number of rotatable bonds is 7. The number of aromatic nitrogens is 2. The van der Waals surface area contributed by atoms with Crippen LogP contribution in [-0.2, 0) is 17.8 Å². The normalized spacial score (nSPS) is 11.7. The second-order valence-electron chi connectivity index (χ2n) is 6.06. The molecule has 1 atom stereocenters. The second-order valence-corrected chi connectivity index (χ2v) is 6.06. The van der Waals surface area contributed by atoms with Gasteiger partial charge in [0, 0.05) is 24.1 Å². The van der Waals surface area contributed by atoms with Crippen LogP contribution in [0.1, 0.15) is 29.5 Å². The molecule has 1 heterocycles. The van der Waals surface area contributed by atoms with Crippen LogP contribution < -0.4 is 17.0 Å². The average Bonchev–Trinajstić information content (AvgIpc) is 2.57. The largest absolute Gasteiger partial charge is 0.369 e. The van der Waals surface area contributed by atoms with Crippen molar-refractivity contribution < 1.29 is 4.79 Å². The number of amides is 1. The van der Waals surface area contributed by atoms with Crippen LogP contribution in [0.25, 0.3) is 0 Å². The van der Waals surface area contributed by atoms with E-state index in [-0.39, 0.29) is 17.4 Å². The van der Waals surface area contributed by atoms with E-state index in [0.717, 1.165) is 11.1 Å². The number of nitrogens with zero attached hydrogens (tertiary/aromatic N) is 1. The first-order valence-corrected chi connectivity index (χ1v) is 8.01. The highest BCUT2D eigenvalue weighted by molar-refractivity contribution is 5.77. The molecule has 0 saturated heterocycles. The molecule has 0 spiro atoms. The summed E-state index contributed by atoms with van der Waals surface area (Å²) in [7, 11) is 0. The lowest BCUT2D eigenvalue weighted by molar-refractivity contribution is -0.121. The topological polar surface area (TPSA) is 97.9 Å². The zero-order valence-corrected chi connectivity index (χ0v) is 14.1. The number of H-pyrrole nitrogens is 1. The van der Waals surface area contributed by atoms with Crippen molar-refractivity contribution in [1.82, 2.24) is 9.55 Å². The third-order valence-electron chi connectivity index (χ3n) is 4.09. The van der Waals surface area contributed by atoms with Crippen LogP contribution in [0.15, 0.2) is 40.1 Å². The van der Waals surface area contributed by atoms with Gasteiger partial charge in [0.15, 0.2) is 0 Å². The van der Waals surface area contributed by atoms with Gasteiger partial charge in [-0.3, -0.25) is 19.1 Å². The van der Waals surface area contributed by atoms with Crippen molar-refractivity contribution in [3.63, 3.8) is 0 Å². The van der Waals surface area contributed by atoms with Crippen LogP contribution in [0.5, 0.6) is 0 Å². The molecule has 6 nitrogen and oxygen atoms in total. The summed E-state index contributed by atoms with van der Waals surface area (Å²) in [5.74, 6) is 1.89. The molecule has 3 N–H and O–H groups in total. The molecule has 0 aliphatic carbocycles. The number of aryl methyl sites for hydroxylation is 1. The van der Waals surface area contributed by atoms with Crippen molar-refractivity contribution in [1.29, 1.82) is 0 Å². The highest BCUT2D eigenvalue weighted by Gasteiger charge is 2.15. The Labute approximate surface area is 145 Å². The smallest absolute Gasteiger partial charge is 0.328 e. The first-order valence-electron chi connectivity index (χ1n) is 8.01. The van der Waals surface area contributed by atoms with Gasteiger partial charge in [-0.25, -0.2) is 4.79 Å². The fraction of sp³-hybridized carbons (Fsp3) is 0.316. The standard InChI is InChI=1S/C19H21N3O3/c1-3-4-5-16(17(20)23)10-14-6-8-15(9-7-14)12-22-11-13(2)18(24)21-19(22)25/h1,6-9,11,16H,4-5,10,12H2,2H3,(H2,20,23)(H,21,24,25). The summed E-state index contributed by atoms with van der Waals surface area (Å²) in [4.78, 5) is 37.0. The molecule has 0 radical (unpaired) electrons. The first-order chi connectivity index (χ1) is 11.9. The lowest BCUT2D eigenvalue weighted by Crippen LogP contribution is -2.31. The van der Waals surface area contributed by atoms with Crippen molar-refractivity contribution >= 4 is 5.91 Å². The number of nitrogens with two attached hydrogens (primary N) is 1. The highest BCUT2D eigenvalue weighted by atomic mass is 16.2. The molecule has 1 aromatic carbocycles. The van der Waals surface area contributed by atoms with Gasteiger partial charge in [0.2, 0.25) is 5.91 Å². The van der Waals surface area contributed by atoms with Crippen molar-refractivity contribution in [3.05, 3.63) is 68.0 Å². The molecule has 0 saturated carbocycles. The first kappa shape index (κ1) is 18.3. The Morgan fingerprint density at radius 2 is 1.92 bits per heavy atom. The SMILES string of the molecule is C#CCCC(Cc1ccc(Cn2cc(C)c(=O)[nH]c2=O)cc1)C(N)=O. The molecule has 1 amide bonds. The van der Waals surface area contributed by atoms with Gasteiger partial charge in [0.1, 0.15) is 0 Å². The fourth-order valence-electron chi connectivity index (χ4n) is 2.60. The summed E-state index contributed by atoms with van der Waals surface area (Å²) in [5, 5.41) is 0. The van der Waals surface area contributed by atoms with Gasteiger partial charge in [0.25, 0.3) is 5.56 Å². The van der Waals surface area contributed by atoms with Crippen LogP contribution in [0.2, 0.25) is 0 Å². The van der Waals surface area contributed by atoms with E-state index in [1.54, 1.807) is 6.92 Å². The van der Waals surface area contributed by atoms with E-state index in [2.05, 4.69) is 10.9 Å². The summed E-state index contributed by atoms with van der Waals surface area (Å²) >= 11 is 0. The molecule has 25 heavy (non-hydrogen) atoms. The lowest BCUT2D eigenvalue weighted by atomic mass is 9.94. The van der Waals surface area contributed by atoms with Crippen LogP contribution in [0.3, 0.4) is 0 Å². The highest BCUT2D eigenvalue weighted by Crippen LogP contribution is 2.15. The van der Waals surface area contributed by atoms with Crippen molar-refractivity contribution in [2.75, 3.05) is 0 Å². The molecule has 0 fully saturated rings. The Kier molecular flexibility index (Phi) is 5.96. The molecular formula is C19H21N3O3. The molecule has 2 rings (SSSR count). The number of aromatic amines is 1. The molecule has 130 valence electrons. The second kappa shape index (κ2) is 8.15. The van der Waals surface area contributed by atoms with Crippen molar-refractivity contribution in [2.24, 2.45) is 11.7 Å². The Morgan fingerprint density at radius 3 is 2.52 bits per heavy atom. The molecule has 0 aliphatic rings. The zero-order valence-electron chi connectivity index (χ0n) is 14.1. The number of carbonyl (C=O) groups is 1. The van der Waals surface area contributed by atoms with Crippen LogP contribution in [0.4, 0.5) is 0 Å². The van der Waals surface area contributed by atoms with Gasteiger partial charge in [-0.15, -0.1) is 12.3 Å². The van der Waals surface area contributed by atoms with E-state index in [9.17, 15) is 14.4 Å². The van der Waals surface area contributed by atoms with Gasteiger partial charge in [0.05, 0.1) is 6.54 Å². The lowest BCUT2D eigenvalue weighted by Gasteiger charge is -2.12. The van der Waals surface area contributed by atoms with Gasteiger partial charge < -0.3 is 5.73 Å². The van der Waals surface area contributed by atoms with Crippen molar-refractivity contribution in [2.45, 2.75) is 32.7 Å². The molecular weight excluding hydrogens is 318 g/mol. The summed E-state index contributed by atoms with van der Waals surface area (Å²) in [6, 6.07) is 7.60. The van der Waals surface area contributed by atoms with Crippen molar-refractivity contribution in [3.8, 4) is 12.3 Å². The van der Waals surface area contributed by atoms with E-state index >= 15 is 0 Å². The number of terminal acetylenes is 1. The maximum Gasteiger partial charge on any atom is 0.328 e. The molecule has 6 heteroatoms. The third kappa shape index (κ3) is 4.95. The minimum absolute atomic E-state index is 0.286. The van der Waals surface area contributed by atoms with E-state index < -0.39 is 5.69 Å². The zero-order chi connectivity index (χ0) is 18.4. The number of nitrogens with one attached hydrogen (secondary N) is 1. The van der Waals surface area contributed by atoms with Gasteiger partial charge in [-0.2, -0.15) is 0 Å². The average molecular weight is 339 g/mol. The molecule has 1 aromatic heterocycles. The number of hydrogen-bond donors (Lipinski definition) is 2. The van der Waals surface area contributed by atoms with E-state index in [0.29, 0.717) is 31.4 Å². The van der Waals surface area contributed by atoms with Gasteiger partial charge in [-0.1, -0.05) is 24.3 Å². The number of benzene rings is 1. The summed E-state index contributed by atoms with van der Waals surface area (Å²) in [6.07, 6.45) is 8.40. The predicted molar refractivity (Wildman–Crippen MR) is 96.1 cm³/mol.